The first-order valence-electron chi connectivity index (χ1n) is 3.82. The second kappa shape index (κ2) is 6.20. The lowest BCUT2D eigenvalue weighted by atomic mass is 10.5. The highest BCUT2D eigenvalue weighted by Crippen LogP contribution is 1.97. The molecular formula is C6H13BrN2O4S. The number of carbonyl (C=O) groups excluding carboxylic acids is 1. The Balaban J connectivity index is 4.24. The van der Waals surface area contributed by atoms with E-state index in [9.17, 15) is 13.2 Å². The van der Waals surface area contributed by atoms with E-state index in [4.69, 9.17) is 0 Å². The molecule has 14 heavy (non-hydrogen) atoms. The standard InChI is InChI=1S/C6H13BrN2O4S/c1-9(5-3-4-7)14(11,12)8-6(10)13-2/h3-5H2,1-2H3,(H,8,10). The molecule has 0 heterocycles. The second-order valence-corrected chi connectivity index (χ2v) is 5.03. The highest BCUT2D eigenvalue weighted by molar-refractivity contribution is 9.09. The Morgan fingerprint density at radius 2 is 2.14 bits per heavy atom. The molecule has 0 atom stereocenters. The van der Waals surface area contributed by atoms with Crippen molar-refractivity contribution in [3.63, 3.8) is 0 Å². The first-order valence-corrected chi connectivity index (χ1v) is 6.38. The van der Waals surface area contributed by atoms with Gasteiger partial charge in [-0.1, -0.05) is 15.9 Å². The van der Waals surface area contributed by atoms with Gasteiger partial charge >= 0.3 is 16.3 Å². The number of nitrogens with zero attached hydrogens (tertiary/aromatic N) is 1. The van der Waals surface area contributed by atoms with Gasteiger partial charge in [0.1, 0.15) is 0 Å². The number of rotatable bonds is 5. The van der Waals surface area contributed by atoms with Crippen LogP contribution in [0.25, 0.3) is 0 Å². The Morgan fingerprint density at radius 1 is 1.57 bits per heavy atom. The van der Waals surface area contributed by atoms with E-state index in [1.54, 1.807) is 4.72 Å². The molecule has 0 unspecified atom stereocenters. The Morgan fingerprint density at radius 3 is 2.57 bits per heavy atom. The predicted octanol–water partition coefficient (Wildman–Crippen LogP) is 0.304. The highest BCUT2D eigenvalue weighted by atomic mass is 79.9. The van der Waals surface area contributed by atoms with Gasteiger partial charge in [0.15, 0.2) is 0 Å². The summed E-state index contributed by atoms with van der Waals surface area (Å²) in [6.07, 6.45) is -0.325. The van der Waals surface area contributed by atoms with Crippen LogP contribution in [0.2, 0.25) is 0 Å². The zero-order chi connectivity index (χ0) is 11.2. The summed E-state index contributed by atoms with van der Waals surface area (Å²) in [5.41, 5.74) is 0. The van der Waals surface area contributed by atoms with Gasteiger partial charge in [0.05, 0.1) is 7.11 Å². The van der Waals surface area contributed by atoms with Crippen molar-refractivity contribution in [2.24, 2.45) is 0 Å². The van der Waals surface area contributed by atoms with Crippen LogP contribution < -0.4 is 4.72 Å². The molecule has 0 aliphatic carbocycles. The first-order chi connectivity index (χ1) is 6.44. The molecule has 0 aliphatic rings. The third-order valence-electron chi connectivity index (χ3n) is 1.41. The molecule has 8 heteroatoms. The fourth-order valence-electron chi connectivity index (χ4n) is 0.627. The van der Waals surface area contributed by atoms with Crippen molar-refractivity contribution in [1.29, 1.82) is 0 Å². The van der Waals surface area contributed by atoms with E-state index in [2.05, 4.69) is 20.7 Å². The molecule has 0 aromatic rings. The molecule has 0 aromatic carbocycles. The number of carbonyl (C=O) groups is 1. The van der Waals surface area contributed by atoms with Gasteiger partial charge in [-0.3, -0.25) is 0 Å². The van der Waals surface area contributed by atoms with Crippen LogP contribution in [0.5, 0.6) is 0 Å². The van der Waals surface area contributed by atoms with Gasteiger partial charge in [-0.2, -0.15) is 12.7 Å². The van der Waals surface area contributed by atoms with Crippen molar-refractivity contribution < 1.29 is 17.9 Å². The number of ether oxygens (including phenoxy) is 1. The number of hydrogen-bond acceptors (Lipinski definition) is 4. The number of alkyl halides is 1. The zero-order valence-corrected chi connectivity index (χ0v) is 10.4. The molecule has 0 aromatic heterocycles. The van der Waals surface area contributed by atoms with E-state index >= 15 is 0 Å². The highest BCUT2D eigenvalue weighted by Gasteiger charge is 2.19. The number of halogens is 1. The monoisotopic (exact) mass is 288 g/mol. The van der Waals surface area contributed by atoms with Crippen LogP contribution >= 0.6 is 15.9 Å². The Kier molecular flexibility index (Phi) is 6.05. The third kappa shape index (κ3) is 4.77. The summed E-state index contributed by atoms with van der Waals surface area (Å²) >= 11 is 3.18. The molecule has 0 saturated heterocycles. The Labute approximate surface area is 91.9 Å². The van der Waals surface area contributed by atoms with Gasteiger partial charge in [0, 0.05) is 18.9 Å². The van der Waals surface area contributed by atoms with E-state index in [-0.39, 0.29) is 0 Å². The quantitative estimate of drug-likeness (QED) is 0.739. The SMILES string of the molecule is COC(=O)NS(=O)(=O)N(C)CCCBr. The minimum Gasteiger partial charge on any atom is -0.452 e. The van der Waals surface area contributed by atoms with Crippen molar-refractivity contribution in [2.45, 2.75) is 6.42 Å². The van der Waals surface area contributed by atoms with Gasteiger partial charge in [0.25, 0.3) is 0 Å². The summed E-state index contributed by atoms with van der Waals surface area (Å²) in [4.78, 5) is 10.7. The number of hydrogen-bond donors (Lipinski definition) is 1. The number of nitrogens with one attached hydrogen (secondary N) is 1. The van der Waals surface area contributed by atoms with E-state index in [1.165, 1.54) is 7.05 Å². The molecule has 0 radical (unpaired) electrons. The Bertz CT molecular complexity index is 280. The van der Waals surface area contributed by atoms with E-state index in [0.29, 0.717) is 18.3 Å². The van der Waals surface area contributed by atoms with Crippen LogP contribution in [0.1, 0.15) is 6.42 Å². The van der Waals surface area contributed by atoms with Gasteiger partial charge < -0.3 is 4.74 Å². The lowest BCUT2D eigenvalue weighted by Gasteiger charge is -2.15. The fraction of sp³-hybridized carbons (Fsp3) is 0.833. The average molecular weight is 289 g/mol. The molecule has 84 valence electrons. The minimum absolute atomic E-state index is 0.331. The molecule has 0 fully saturated rings. The van der Waals surface area contributed by atoms with Gasteiger partial charge in [0.2, 0.25) is 0 Å². The number of methoxy groups -OCH3 is 1. The maximum absolute atomic E-state index is 11.3. The molecule has 0 aliphatic heterocycles. The molecule has 0 saturated carbocycles. The summed E-state index contributed by atoms with van der Waals surface area (Å²) in [7, 11) is -1.27. The summed E-state index contributed by atoms with van der Waals surface area (Å²) in [5, 5.41) is 0.699. The van der Waals surface area contributed by atoms with Gasteiger partial charge in [-0.05, 0) is 6.42 Å². The summed E-state index contributed by atoms with van der Waals surface area (Å²) < 4.78 is 29.6. The van der Waals surface area contributed by atoms with Gasteiger partial charge in [-0.15, -0.1) is 0 Å². The molecule has 0 spiro atoms. The summed E-state index contributed by atoms with van der Waals surface area (Å²) in [5.74, 6) is 0. The molecule has 0 bridgehead atoms. The number of amides is 1. The minimum atomic E-state index is -3.76. The van der Waals surface area contributed by atoms with Gasteiger partial charge in [-0.25, -0.2) is 9.52 Å². The topological polar surface area (TPSA) is 75.7 Å². The molecule has 0 rings (SSSR count). The van der Waals surface area contributed by atoms with Crippen molar-refractivity contribution in [2.75, 3.05) is 26.0 Å². The second-order valence-electron chi connectivity index (χ2n) is 2.46. The van der Waals surface area contributed by atoms with Crippen LogP contribution in [0.4, 0.5) is 4.79 Å². The largest absolute Gasteiger partial charge is 0.452 e. The maximum atomic E-state index is 11.3. The third-order valence-corrected chi connectivity index (χ3v) is 3.40. The van der Waals surface area contributed by atoms with E-state index in [0.717, 1.165) is 11.4 Å². The summed E-state index contributed by atoms with van der Waals surface area (Å²) in [6, 6.07) is 0. The van der Waals surface area contributed by atoms with Crippen LogP contribution in [0, 0.1) is 0 Å². The van der Waals surface area contributed by atoms with E-state index in [1.807, 2.05) is 0 Å². The van der Waals surface area contributed by atoms with Crippen molar-refractivity contribution in [1.82, 2.24) is 9.03 Å². The van der Waals surface area contributed by atoms with Crippen LogP contribution in [0.15, 0.2) is 0 Å². The molecule has 1 amide bonds. The average Bonchev–Trinajstić information content (AvgIpc) is 2.13. The lowest BCUT2D eigenvalue weighted by molar-refractivity contribution is 0.177. The first kappa shape index (κ1) is 13.7. The van der Waals surface area contributed by atoms with E-state index < -0.39 is 16.3 Å². The van der Waals surface area contributed by atoms with Crippen LogP contribution in [0.3, 0.4) is 0 Å². The molecular weight excluding hydrogens is 276 g/mol. The van der Waals surface area contributed by atoms with Crippen molar-refractivity contribution in [3.05, 3.63) is 0 Å². The summed E-state index contributed by atoms with van der Waals surface area (Å²) in [6.45, 7) is 0.331. The predicted molar refractivity (Wildman–Crippen MR) is 55.5 cm³/mol. The Hall–Kier alpha value is -0.340. The fourth-order valence-corrected chi connectivity index (χ4v) is 1.70. The van der Waals surface area contributed by atoms with Crippen LogP contribution in [-0.4, -0.2) is 44.8 Å². The lowest BCUT2D eigenvalue weighted by Crippen LogP contribution is -2.41. The smallest absolute Gasteiger partial charge is 0.421 e. The van der Waals surface area contributed by atoms with Crippen LogP contribution in [-0.2, 0) is 14.9 Å². The van der Waals surface area contributed by atoms with Crippen molar-refractivity contribution >= 4 is 32.2 Å². The zero-order valence-electron chi connectivity index (χ0n) is 7.99. The molecule has 6 nitrogen and oxygen atoms in total. The normalized spacial score (nSPS) is 11.4. The maximum Gasteiger partial charge on any atom is 0.421 e. The van der Waals surface area contributed by atoms with Crippen molar-refractivity contribution in [3.8, 4) is 0 Å². The molecule has 1 N–H and O–H groups in total.